The molecular formula is C13H26N4O2. The van der Waals surface area contributed by atoms with Crippen LogP contribution in [0.2, 0.25) is 0 Å². The van der Waals surface area contributed by atoms with Gasteiger partial charge >= 0.3 is 6.03 Å². The van der Waals surface area contributed by atoms with E-state index in [1.165, 1.54) is 0 Å². The third-order valence-electron chi connectivity index (χ3n) is 3.05. The number of amides is 3. The maximum atomic E-state index is 11.8. The average molecular weight is 270 g/mol. The first kappa shape index (κ1) is 15.9. The molecule has 3 amide bonds. The Balaban J connectivity index is 2.32. The number of hydrogen-bond donors (Lipinski definition) is 3. The summed E-state index contributed by atoms with van der Waals surface area (Å²) in [4.78, 5) is 25.4. The van der Waals surface area contributed by atoms with Gasteiger partial charge < -0.3 is 11.1 Å². The fraction of sp³-hybridized carbons (Fsp3) is 0.846. The number of imide groups is 1. The predicted molar refractivity (Wildman–Crippen MR) is 74.6 cm³/mol. The lowest BCUT2D eigenvalue weighted by atomic mass is 9.98. The molecule has 0 aliphatic carbocycles. The number of nitrogens with zero attached hydrogens (tertiary/aromatic N) is 1. The summed E-state index contributed by atoms with van der Waals surface area (Å²) in [5, 5.41) is 5.05. The molecular weight excluding hydrogens is 244 g/mol. The Kier molecular flexibility index (Phi) is 5.75. The van der Waals surface area contributed by atoms with Gasteiger partial charge in [0.05, 0.1) is 6.54 Å². The third kappa shape index (κ3) is 6.54. The topological polar surface area (TPSA) is 87.5 Å². The minimum atomic E-state index is -0.440. The van der Waals surface area contributed by atoms with Gasteiger partial charge in [0.25, 0.3) is 0 Å². The van der Waals surface area contributed by atoms with Crippen molar-refractivity contribution in [3.05, 3.63) is 0 Å². The molecule has 1 aliphatic rings. The second-order valence-corrected chi connectivity index (χ2v) is 6.23. The fourth-order valence-electron chi connectivity index (χ4n) is 2.23. The molecule has 6 nitrogen and oxygen atoms in total. The molecule has 0 bridgehead atoms. The van der Waals surface area contributed by atoms with Gasteiger partial charge in [0.2, 0.25) is 5.91 Å². The number of likely N-dealkylation sites (tertiary alicyclic amines) is 1. The lowest BCUT2D eigenvalue weighted by Gasteiger charge is -2.31. The van der Waals surface area contributed by atoms with Crippen LogP contribution in [0.1, 0.15) is 33.6 Å². The molecule has 4 N–H and O–H groups in total. The molecule has 0 radical (unpaired) electrons. The van der Waals surface area contributed by atoms with Gasteiger partial charge in [-0.15, -0.1) is 0 Å². The number of piperidine rings is 1. The average Bonchev–Trinajstić information content (AvgIpc) is 2.26. The van der Waals surface area contributed by atoms with E-state index in [4.69, 9.17) is 5.73 Å². The molecule has 1 atom stereocenters. The van der Waals surface area contributed by atoms with Crippen molar-refractivity contribution in [2.45, 2.75) is 39.2 Å². The number of nitrogens with two attached hydrogens (primary N) is 1. The highest BCUT2D eigenvalue weighted by molar-refractivity contribution is 5.95. The molecule has 110 valence electrons. The number of nitrogens with one attached hydrogen (secondary N) is 2. The van der Waals surface area contributed by atoms with Gasteiger partial charge in [-0.3, -0.25) is 15.0 Å². The number of carbonyl (C=O) groups excluding carboxylic acids is 2. The molecule has 6 heteroatoms. The van der Waals surface area contributed by atoms with E-state index in [1.54, 1.807) is 0 Å². The Labute approximate surface area is 115 Å². The molecule has 1 aliphatic heterocycles. The molecule has 19 heavy (non-hydrogen) atoms. The van der Waals surface area contributed by atoms with E-state index in [9.17, 15) is 9.59 Å². The van der Waals surface area contributed by atoms with Crippen molar-refractivity contribution in [2.75, 3.05) is 26.2 Å². The van der Waals surface area contributed by atoms with E-state index >= 15 is 0 Å². The highest BCUT2D eigenvalue weighted by atomic mass is 16.2. The molecule has 1 fully saturated rings. The zero-order chi connectivity index (χ0) is 14.5. The second-order valence-electron chi connectivity index (χ2n) is 6.23. The van der Waals surface area contributed by atoms with Crippen LogP contribution in [0.5, 0.6) is 0 Å². The van der Waals surface area contributed by atoms with Gasteiger partial charge in [0.1, 0.15) is 0 Å². The minimum absolute atomic E-state index is 0.258. The van der Waals surface area contributed by atoms with Gasteiger partial charge in [-0.1, -0.05) is 0 Å². The molecule has 1 heterocycles. The first-order valence-electron chi connectivity index (χ1n) is 6.84. The normalized spacial score (nSPS) is 20.9. The van der Waals surface area contributed by atoms with Crippen LogP contribution in [0.3, 0.4) is 0 Å². The Bertz CT molecular complexity index is 325. The SMILES string of the molecule is CC(C)(C)NC(=O)NC(=O)CN1CCCC(CN)C1. The van der Waals surface area contributed by atoms with Gasteiger partial charge in [-0.2, -0.15) is 0 Å². The molecule has 0 aromatic heterocycles. The zero-order valence-corrected chi connectivity index (χ0v) is 12.2. The van der Waals surface area contributed by atoms with Crippen molar-refractivity contribution in [3.63, 3.8) is 0 Å². The fourth-order valence-corrected chi connectivity index (χ4v) is 2.23. The first-order chi connectivity index (χ1) is 8.80. The van der Waals surface area contributed by atoms with E-state index < -0.39 is 6.03 Å². The number of urea groups is 1. The van der Waals surface area contributed by atoms with Crippen LogP contribution in [-0.4, -0.2) is 48.6 Å². The van der Waals surface area contributed by atoms with Crippen LogP contribution in [0.15, 0.2) is 0 Å². The summed E-state index contributed by atoms with van der Waals surface area (Å²) >= 11 is 0. The Morgan fingerprint density at radius 2 is 2.05 bits per heavy atom. The first-order valence-corrected chi connectivity index (χ1v) is 6.84. The lowest BCUT2D eigenvalue weighted by molar-refractivity contribution is -0.121. The van der Waals surface area contributed by atoms with E-state index in [0.717, 1.165) is 25.9 Å². The van der Waals surface area contributed by atoms with Gasteiger partial charge in [0.15, 0.2) is 0 Å². The summed E-state index contributed by atoms with van der Waals surface area (Å²) in [6, 6.07) is -0.440. The maximum absolute atomic E-state index is 11.8. The quantitative estimate of drug-likeness (QED) is 0.687. The van der Waals surface area contributed by atoms with Crippen LogP contribution < -0.4 is 16.4 Å². The van der Waals surface area contributed by atoms with E-state index in [1.807, 2.05) is 20.8 Å². The largest absolute Gasteiger partial charge is 0.333 e. The van der Waals surface area contributed by atoms with Crippen LogP contribution in [-0.2, 0) is 4.79 Å². The van der Waals surface area contributed by atoms with E-state index in [-0.39, 0.29) is 18.0 Å². The molecule has 0 spiro atoms. The predicted octanol–water partition coefficient (Wildman–Crippen LogP) is 0.281. The van der Waals surface area contributed by atoms with E-state index in [2.05, 4.69) is 15.5 Å². The van der Waals surface area contributed by atoms with Gasteiger partial charge in [-0.25, -0.2) is 4.79 Å². The third-order valence-corrected chi connectivity index (χ3v) is 3.05. The molecule has 0 aromatic rings. The van der Waals surface area contributed by atoms with Crippen molar-refractivity contribution in [1.29, 1.82) is 0 Å². The maximum Gasteiger partial charge on any atom is 0.321 e. The standard InChI is InChI=1S/C13H26N4O2/c1-13(2,3)16-12(19)15-11(18)9-17-6-4-5-10(7-14)8-17/h10H,4-9,14H2,1-3H3,(H2,15,16,18,19). The van der Waals surface area contributed by atoms with Crippen molar-refractivity contribution < 1.29 is 9.59 Å². The highest BCUT2D eigenvalue weighted by Gasteiger charge is 2.22. The molecule has 1 unspecified atom stereocenters. The monoisotopic (exact) mass is 270 g/mol. The van der Waals surface area contributed by atoms with Crippen molar-refractivity contribution in [2.24, 2.45) is 11.7 Å². The summed E-state index contributed by atoms with van der Waals surface area (Å²) in [6.45, 7) is 8.25. The van der Waals surface area contributed by atoms with Crippen LogP contribution in [0.25, 0.3) is 0 Å². The summed E-state index contributed by atoms with van der Waals surface area (Å²) in [7, 11) is 0. The molecule has 1 rings (SSSR count). The Morgan fingerprint density at radius 1 is 1.37 bits per heavy atom. The van der Waals surface area contributed by atoms with Gasteiger partial charge in [-0.05, 0) is 52.6 Å². The van der Waals surface area contributed by atoms with Crippen LogP contribution in [0.4, 0.5) is 4.79 Å². The van der Waals surface area contributed by atoms with Crippen molar-refractivity contribution in [3.8, 4) is 0 Å². The summed E-state index contributed by atoms with van der Waals surface area (Å²) in [5.41, 5.74) is 5.31. The lowest BCUT2D eigenvalue weighted by Crippen LogP contribution is -2.51. The van der Waals surface area contributed by atoms with Crippen molar-refractivity contribution >= 4 is 11.9 Å². The summed E-state index contributed by atoms with van der Waals surface area (Å²) in [5.74, 6) is 0.198. The van der Waals surface area contributed by atoms with Crippen LogP contribution >= 0.6 is 0 Å². The van der Waals surface area contributed by atoms with Crippen LogP contribution in [0, 0.1) is 5.92 Å². The molecule has 0 saturated carbocycles. The zero-order valence-electron chi connectivity index (χ0n) is 12.2. The number of carbonyl (C=O) groups is 2. The molecule has 1 saturated heterocycles. The number of hydrogen-bond acceptors (Lipinski definition) is 4. The Morgan fingerprint density at radius 3 is 2.63 bits per heavy atom. The highest BCUT2D eigenvalue weighted by Crippen LogP contribution is 2.14. The smallest absolute Gasteiger partial charge is 0.321 e. The van der Waals surface area contributed by atoms with E-state index in [0.29, 0.717) is 12.5 Å². The van der Waals surface area contributed by atoms with Crippen molar-refractivity contribution in [1.82, 2.24) is 15.5 Å². The second kappa shape index (κ2) is 6.86. The molecule has 0 aromatic carbocycles. The minimum Gasteiger partial charge on any atom is -0.333 e. The summed E-state index contributed by atoms with van der Waals surface area (Å²) < 4.78 is 0. The van der Waals surface area contributed by atoms with Gasteiger partial charge in [0, 0.05) is 12.1 Å². The summed E-state index contributed by atoms with van der Waals surface area (Å²) in [6.07, 6.45) is 2.18. The number of rotatable bonds is 3. The Hall–Kier alpha value is -1.14.